The Labute approximate surface area is 172 Å². The van der Waals surface area contributed by atoms with Crippen molar-refractivity contribution < 1.29 is 29.3 Å². The van der Waals surface area contributed by atoms with Crippen LogP contribution in [0.3, 0.4) is 0 Å². The Kier molecular flexibility index (Phi) is 9.94. The Morgan fingerprint density at radius 3 is 2.86 bits per heavy atom. The number of aliphatic hydroxyl groups is 1. The molecule has 1 aliphatic heterocycles. The lowest BCUT2D eigenvalue weighted by Crippen LogP contribution is -2.44. The summed E-state index contributed by atoms with van der Waals surface area (Å²) >= 11 is 0. The maximum Gasteiger partial charge on any atom is 0.305 e. The first-order chi connectivity index (χ1) is 14.0. The van der Waals surface area contributed by atoms with E-state index in [9.17, 15) is 14.7 Å². The molecule has 0 aliphatic carbocycles. The van der Waals surface area contributed by atoms with Gasteiger partial charge in [0.1, 0.15) is 5.75 Å². The largest absolute Gasteiger partial charge is 0.496 e. The Hall–Kier alpha value is -2.12. The minimum absolute atomic E-state index is 0.00461. The number of nitrogens with zero attached hydrogens (tertiary/aromatic N) is 1. The highest BCUT2D eigenvalue weighted by molar-refractivity contribution is 5.77. The quantitative estimate of drug-likeness (QED) is 0.488. The van der Waals surface area contributed by atoms with Gasteiger partial charge in [-0.25, -0.2) is 0 Å². The highest BCUT2D eigenvalue weighted by Crippen LogP contribution is 2.25. The number of ether oxygens (including phenoxy) is 2. The summed E-state index contributed by atoms with van der Waals surface area (Å²) in [6.07, 6.45) is 4.53. The summed E-state index contributed by atoms with van der Waals surface area (Å²) in [7, 11) is 1.63. The number of rotatable bonds is 13. The van der Waals surface area contributed by atoms with Gasteiger partial charge in [-0.1, -0.05) is 18.2 Å². The highest BCUT2D eigenvalue weighted by Gasteiger charge is 2.27. The molecule has 0 bridgehead atoms. The number of hydrogen-bond donors (Lipinski definition) is 2. The number of aliphatic hydroxyl groups excluding tert-OH is 1. The molecular weight excluding hydrogens is 374 g/mol. The Balaban J connectivity index is 1.77. The van der Waals surface area contributed by atoms with Crippen LogP contribution in [0.1, 0.15) is 50.5 Å². The molecule has 2 atom stereocenters. The van der Waals surface area contributed by atoms with E-state index in [1.165, 1.54) is 0 Å². The summed E-state index contributed by atoms with van der Waals surface area (Å²) in [6, 6.07) is 7.84. The summed E-state index contributed by atoms with van der Waals surface area (Å²) in [6.45, 7) is 1.25. The van der Waals surface area contributed by atoms with Crippen molar-refractivity contribution in [3.05, 3.63) is 29.8 Å². The predicted molar refractivity (Wildman–Crippen MR) is 109 cm³/mol. The van der Waals surface area contributed by atoms with Gasteiger partial charge in [0.25, 0.3) is 0 Å². The number of para-hydroxylation sites is 1. The van der Waals surface area contributed by atoms with E-state index in [0.717, 1.165) is 30.6 Å². The number of likely N-dealkylation sites (tertiary alicyclic amines) is 1. The van der Waals surface area contributed by atoms with E-state index in [0.29, 0.717) is 38.8 Å². The molecule has 0 aromatic heterocycles. The van der Waals surface area contributed by atoms with Crippen LogP contribution in [0, 0.1) is 0 Å². The normalized spacial score (nSPS) is 17.9. The van der Waals surface area contributed by atoms with Crippen molar-refractivity contribution in [1.29, 1.82) is 0 Å². The highest BCUT2D eigenvalue weighted by atomic mass is 16.5. The molecule has 7 heteroatoms. The van der Waals surface area contributed by atoms with Crippen LogP contribution in [0.5, 0.6) is 5.75 Å². The van der Waals surface area contributed by atoms with Crippen LogP contribution in [0.15, 0.2) is 24.3 Å². The summed E-state index contributed by atoms with van der Waals surface area (Å²) in [5.74, 6) is 0.0675. The van der Waals surface area contributed by atoms with E-state index < -0.39 is 12.1 Å². The second-order valence-electron chi connectivity index (χ2n) is 7.49. The molecule has 0 radical (unpaired) electrons. The molecule has 1 saturated heterocycles. The maximum absolute atomic E-state index is 12.4. The third kappa shape index (κ3) is 8.03. The average molecular weight is 408 g/mol. The van der Waals surface area contributed by atoms with E-state index in [1.807, 2.05) is 29.2 Å². The smallest absolute Gasteiger partial charge is 0.305 e. The number of aliphatic carboxylic acids is 1. The van der Waals surface area contributed by atoms with Gasteiger partial charge < -0.3 is 24.6 Å². The second kappa shape index (κ2) is 12.4. The molecule has 0 spiro atoms. The average Bonchev–Trinajstić information content (AvgIpc) is 2.70. The molecular formula is C22H33NO6. The van der Waals surface area contributed by atoms with Crippen LogP contribution in [0.4, 0.5) is 0 Å². The zero-order chi connectivity index (χ0) is 21.1. The first kappa shape index (κ1) is 23.2. The fourth-order valence-corrected chi connectivity index (χ4v) is 3.81. The molecule has 2 rings (SSSR count). The minimum atomic E-state index is -0.872. The van der Waals surface area contributed by atoms with Gasteiger partial charge in [0.2, 0.25) is 5.91 Å². The Morgan fingerprint density at radius 2 is 2.10 bits per heavy atom. The first-order valence-corrected chi connectivity index (χ1v) is 10.4. The van der Waals surface area contributed by atoms with Gasteiger partial charge in [-0.2, -0.15) is 0 Å². The van der Waals surface area contributed by atoms with Crippen LogP contribution in [0.2, 0.25) is 0 Å². The zero-order valence-corrected chi connectivity index (χ0v) is 17.2. The molecule has 1 fully saturated rings. The molecule has 1 amide bonds. The minimum Gasteiger partial charge on any atom is -0.496 e. The van der Waals surface area contributed by atoms with Crippen molar-refractivity contribution in [3.8, 4) is 5.75 Å². The molecule has 1 aliphatic rings. The lowest BCUT2D eigenvalue weighted by atomic mass is 9.94. The van der Waals surface area contributed by atoms with Crippen LogP contribution < -0.4 is 4.74 Å². The molecule has 29 heavy (non-hydrogen) atoms. The van der Waals surface area contributed by atoms with Crippen LogP contribution >= 0.6 is 0 Å². The number of carbonyl (C=O) groups is 2. The first-order valence-electron chi connectivity index (χ1n) is 10.4. The Morgan fingerprint density at radius 1 is 1.31 bits per heavy atom. The van der Waals surface area contributed by atoms with Gasteiger partial charge in [0, 0.05) is 32.0 Å². The van der Waals surface area contributed by atoms with Gasteiger partial charge >= 0.3 is 5.97 Å². The fourth-order valence-electron chi connectivity index (χ4n) is 3.81. The lowest BCUT2D eigenvalue weighted by Gasteiger charge is -2.36. The van der Waals surface area contributed by atoms with E-state index in [-0.39, 0.29) is 25.0 Å². The van der Waals surface area contributed by atoms with Crippen LogP contribution in [-0.4, -0.2) is 66.0 Å². The van der Waals surface area contributed by atoms with Gasteiger partial charge in [-0.05, 0) is 43.7 Å². The third-order valence-corrected chi connectivity index (χ3v) is 5.32. The van der Waals surface area contributed by atoms with Crippen LogP contribution in [-0.2, 0) is 20.7 Å². The standard InChI is InChI=1S/C22H33NO6/c1-28-20-8-3-2-6-17(20)16-19(24)11-10-18-7-4-9-21(25)23(18)13-5-14-29-15-12-22(26)27/h2-3,6,8,18-19,24H,4-5,7,9-16H2,1H3,(H,26,27)/t18-,19?/m1/s1. The van der Waals surface area contributed by atoms with Gasteiger partial charge in [0.15, 0.2) is 0 Å². The predicted octanol–water partition coefficient (Wildman–Crippen LogP) is 2.64. The van der Waals surface area contributed by atoms with E-state index in [1.54, 1.807) is 7.11 Å². The number of carboxylic acids is 1. The number of piperidine rings is 1. The van der Waals surface area contributed by atoms with Gasteiger partial charge in [-0.15, -0.1) is 0 Å². The van der Waals surface area contributed by atoms with E-state index >= 15 is 0 Å². The molecule has 7 nitrogen and oxygen atoms in total. The number of amides is 1. The molecule has 1 aromatic rings. The lowest BCUT2D eigenvalue weighted by molar-refractivity contribution is -0.138. The van der Waals surface area contributed by atoms with Crippen molar-refractivity contribution in [3.63, 3.8) is 0 Å². The fraction of sp³-hybridized carbons (Fsp3) is 0.636. The maximum atomic E-state index is 12.4. The van der Waals surface area contributed by atoms with E-state index in [4.69, 9.17) is 14.6 Å². The molecule has 1 heterocycles. The molecule has 1 aromatic carbocycles. The Bertz CT molecular complexity index is 650. The summed E-state index contributed by atoms with van der Waals surface area (Å²) in [5.41, 5.74) is 0.984. The SMILES string of the molecule is COc1ccccc1CC(O)CC[C@H]1CCCC(=O)N1CCCOCCC(=O)O. The topological polar surface area (TPSA) is 96.3 Å². The van der Waals surface area contributed by atoms with E-state index in [2.05, 4.69) is 0 Å². The molecule has 2 N–H and O–H groups in total. The number of hydrogen-bond acceptors (Lipinski definition) is 5. The molecule has 1 unspecified atom stereocenters. The summed E-state index contributed by atoms with van der Waals surface area (Å²) < 4.78 is 10.7. The van der Waals surface area contributed by atoms with Gasteiger partial charge in [-0.3, -0.25) is 9.59 Å². The number of carbonyl (C=O) groups excluding carboxylic acids is 1. The number of methoxy groups -OCH3 is 1. The third-order valence-electron chi connectivity index (χ3n) is 5.32. The van der Waals surface area contributed by atoms with Crippen LogP contribution in [0.25, 0.3) is 0 Å². The summed E-state index contributed by atoms with van der Waals surface area (Å²) in [4.78, 5) is 24.8. The molecule has 162 valence electrons. The van der Waals surface area contributed by atoms with Crippen molar-refractivity contribution in [2.75, 3.05) is 26.9 Å². The van der Waals surface area contributed by atoms with Crippen molar-refractivity contribution >= 4 is 11.9 Å². The number of benzene rings is 1. The zero-order valence-electron chi connectivity index (χ0n) is 17.2. The van der Waals surface area contributed by atoms with Crippen molar-refractivity contribution in [2.45, 2.75) is 63.5 Å². The van der Waals surface area contributed by atoms with Gasteiger partial charge in [0.05, 0.1) is 26.2 Å². The molecule has 0 saturated carbocycles. The van der Waals surface area contributed by atoms with Crippen molar-refractivity contribution in [2.24, 2.45) is 0 Å². The monoisotopic (exact) mass is 407 g/mol. The summed E-state index contributed by atoms with van der Waals surface area (Å²) in [5, 5.41) is 19.1. The van der Waals surface area contributed by atoms with Crippen molar-refractivity contribution in [1.82, 2.24) is 4.90 Å². The second-order valence-corrected chi connectivity index (χ2v) is 7.49. The number of carboxylic acid groups (broad SMARTS) is 1.